The van der Waals surface area contributed by atoms with Crippen LogP contribution < -0.4 is 0 Å². The summed E-state index contributed by atoms with van der Waals surface area (Å²) < 4.78 is 6.66. The van der Waals surface area contributed by atoms with Gasteiger partial charge in [0.1, 0.15) is 6.10 Å². The molecule has 4 heteroatoms. The van der Waals surface area contributed by atoms with Gasteiger partial charge in [-0.15, -0.1) is 12.4 Å². The van der Waals surface area contributed by atoms with Gasteiger partial charge in [0.25, 0.3) is 0 Å². The molecule has 25 heavy (non-hydrogen) atoms. The summed E-state index contributed by atoms with van der Waals surface area (Å²) in [5.74, 6) is 0. The number of piperidine rings is 1. The van der Waals surface area contributed by atoms with E-state index >= 15 is 0 Å². The number of rotatable bonds is 4. The van der Waals surface area contributed by atoms with Crippen LogP contribution in [0, 0.1) is 0 Å². The summed E-state index contributed by atoms with van der Waals surface area (Å²) in [6.45, 7) is 0. The van der Waals surface area contributed by atoms with Crippen LogP contribution in [-0.4, -0.2) is 30.1 Å². The molecule has 0 radical (unpaired) electrons. The van der Waals surface area contributed by atoms with Crippen LogP contribution in [0.1, 0.15) is 42.9 Å². The lowest BCUT2D eigenvalue weighted by atomic mass is 9.97. The minimum absolute atomic E-state index is 0. The Morgan fingerprint density at radius 1 is 0.920 bits per heavy atom. The number of halogens is 2. The first-order chi connectivity index (χ1) is 11.7. The molecule has 2 fully saturated rings. The van der Waals surface area contributed by atoms with Crippen LogP contribution in [0.15, 0.2) is 54.6 Å². The molecule has 4 atom stereocenters. The Hall–Kier alpha value is -1.06. The van der Waals surface area contributed by atoms with Gasteiger partial charge >= 0.3 is 0 Å². The van der Waals surface area contributed by atoms with Crippen molar-refractivity contribution in [2.45, 2.75) is 50.0 Å². The van der Waals surface area contributed by atoms with Crippen molar-refractivity contribution in [3.63, 3.8) is 0 Å². The molecule has 1 unspecified atom stereocenters. The van der Waals surface area contributed by atoms with Crippen LogP contribution in [0.3, 0.4) is 0 Å². The lowest BCUT2D eigenvalue weighted by Gasteiger charge is -2.38. The van der Waals surface area contributed by atoms with Crippen molar-refractivity contribution in [1.82, 2.24) is 4.90 Å². The quantitative estimate of drug-likeness (QED) is 0.697. The van der Waals surface area contributed by atoms with Crippen LogP contribution in [0.5, 0.6) is 0 Å². The molecule has 0 spiro atoms. The zero-order valence-electron chi connectivity index (χ0n) is 14.5. The molecule has 134 valence electrons. The molecule has 4 rings (SSSR count). The molecule has 0 aliphatic carbocycles. The average molecular weight is 378 g/mol. The molecular weight excluding hydrogens is 353 g/mol. The van der Waals surface area contributed by atoms with Crippen molar-refractivity contribution in [2.24, 2.45) is 0 Å². The van der Waals surface area contributed by atoms with Gasteiger partial charge in [-0.25, -0.2) is 0 Å². The zero-order chi connectivity index (χ0) is 16.5. The third-order valence-electron chi connectivity index (χ3n) is 5.66. The normalized spacial score (nSPS) is 26.9. The monoisotopic (exact) mass is 377 g/mol. The van der Waals surface area contributed by atoms with Gasteiger partial charge in [-0.1, -0.05) is 54.1 Å². The molecule has 0 amide bonds. The van der Waals surface area contributed by atoms with Gasteiger partial charge in [0.2, 0.25) is 0 Å². The van der Waals surface area contributed by atoms with Crippen LogP contribution >= 0.6 is 24.0 Å². The molecule has 2 aliphatic heterocycles. The third kappa shape index (κ3) is 4.03. The summed E-state index contributed by atoms with van der Waals surface area (Å²) in [4.78, 5) is 2.56. The van der Waals surface area contributed by atoms with Crippen molar-refractivity contribution in [1.29, 1.82) is 0 Å². The van der Waals surface area contributed by atoms with Gasteiger partial charge in [0.15, 0.2) is 0 Å². The van der Waals surface area contributed by atoms with E-state index in [1.165, 1.54) is 24.0 Å². The summed E-state index contributed by atoms with van der Waals surface area (Å²) >= 11 is 6.07. The van der Waals surface area contributed by atoms with Gasteiger partial charge in [-0.2, -0.15) is 0 Å². The third-order valence-corrected chi connectivity index (χ3v) is 5.91. The molecule has 2 saturated heterocycles. The van der Waals surface area contributed by atoms with Gasteiger partial charge < -0.3 is 9.64 Å². The fourth-order valence-electron chi connectivity index (χ4n) is 4.28. The maximum absolute atomic E-state index is 6.66. The van der Waals surface area contributed by atoms with E-state index < -0.39 is 0 Å². The van der Waals surface area contributed by atoms with Crippen LogP contribution in [0.4, 0.5) is 0 Å². The first-order valence-corrected chi connectivity index (χ1v) is 9.26. The summed E-state index contributed by atoms with van der Waals surface area (Å²) in [5.41, 5.74) is 2.39. The zero-order valence-corrected chi connectivity index (χ0v) is 16.0. The topological polar surface area (TPSA) is 12.5 Å². The minimum atomic E-state index is -0.0173. The molecule has 0 aromatic heterocycles. The number of ether oxygens (including phenoxy) is 1. The highest BCUT2D eigenvalue weighted by Gasteiger charge is 2.39. The summed E-state index contributed by atoms with van der Waals surface area (Å²) in [5, 5.41) is 0.767. The Morgan fingerprint density at radius 2 is 1.48 bits per heavy atom. The van der Waals surface area contributed by atoms with Gasteiger partial charge in [-0.3, -0.25) is 0 Å². The maximum Gasteiger partial charge on any atom is 0.108 e. The second-order valence-electron chi connectivity index (χ2n) is 7.12. The standard InChI is InChI=1S/C21H24ClNO.ClH/c1-23-18-11-12-19(23)14-20(13-18)24-21(15-5-3-2-4-6-15)16-7-9-17(22)10-8-16;/h2-10,18-21H,11-14H2,1H3;1H/t18-,19+,20+,21?;. The van der Waals surface area contributed by atoms with Gasteiger partial charge in [0.05, 0.1) is 6.10 Å². The molecule has 2 aliphatic rings. The highest BCUT2D eigenvalue weighted by atomic mass is 35.5. The van der Waals surface area contributed by atoms with E-state index in [9.17, 15) is 0 Å². The van der Waals surface area contributed by atoms with Crippen molar-refractivity contribution in [3.05, 3.63) is 70.7 Å². The Balaban J connectivity index is 0.00000182. The predicted octanol–water partition coefficient (Wildman–Crippen LogP) is 5.49. The summed E-state index contributed by atoms with van der Waals surface area (Å²) in [7, 11) is 2.27. The van der Waals surface area contributed by atoms with E-state index in [4.69, 9.17) is 16.3 Å². The van der Waals surface area contributed by atoms with Crippen molar-refractivity contribution < 1.29 is 4.74 Å². The molecule has 0 saturated carbocycles. The van der Waals surface area contributed by atoms with E-state index in [1.807, 2.05) is 12.1 Å². The van der Waals surface area contributed by atoms with E-state index in [2.05, 4.69) is 54.4 Å². The summed E-state index contributed by atoms with van der Waals surface area (Å²) in [6.07, 6.45) is 5.24. The SMILES string of the molecule is CN1[C@@H]2CC[C@H]1C[C@@H](OC(c1ccccc1)c1ccc(Cl)cc1)C2.Cl. The number of fused-ring (bicyclic) bond motifs is 2. The largest absolute Gasteiger partial charge is 0.365 e. The minimum Gasteiger partial charge on any atom is -0.365 e. The van der Waals surface area contributed by atoms with Crippen molar-refractivity contribution in [2.75, 3.05) is 7.05 Å². The average Bonchev–Trinajstić information content (AvgIpc) is 2.83. The molecule has 2 aromatic carbocycles. The second kappa shape index (κ2) is 8.09. The van der Waals surface area contributed by atoms with Crippen molar-refractivity contribution in [3.8, 4) is 0 Å². The molecule has 2 nitrogen and oxygen atoms in total. The van der Waals surface area contributed by atoms with Gasteiger partial charge in [0, 0.05) is 17.1 Å². The molecule has 2 bridgehead atoms. The highest BCUT2D eigenvalue weighted by Crippen LogP contribution is 2.38. The Bertz CT molecular complexity index is 662. The predicted molar refractivity (Wildman–Crippen MR) is 106 cm³/mol. The number of benzene rings is 2. The highest BCUT2D eigenvalue weighted by molar-refractivity contribution is 6.30. The lowest BCUT2D eigenvalue weighted by Crippen LogP contribution is -2.43. The Morgan fingerprint density at radius 3 is 2.08 bits per heavy atom. The summed E-state index contributed by atoms with van der Waals surface area (Å²) in [6, 6.07) is 20.0. The fourth-order valence-corrected chi connectivity index (χ4v) is 4.41. The molecule has 2 aromatic rings. The lowest BCUT2D eigenvalue weighted by molar-refractivity contribution is -0.0426. The number of hydrogen-bond donors (Lipinski definition) is 0. The maximum atomic E-state index is 6.66. The van der Waals surface area contributed by atoms with E-state index in [0.29, 0.717) is 18.2 Å². The first-order valence-electron chi connectivity index (χ1n) is 8.88. The number of nitrogens with zero attached hydrogens (tertiary/aromatic N) is 1. The van der Waals surface area contributed by atoms with Crippen LogP contribution in [-0.2, 0) is 4.74 Å². The van der Waals surface area contributed by atoms with Crippen molar-refractivity contribution >= 4 is 24.0 Å². The molecular formula is C21H25Cl2NO. The molecule has 0 N–H and O–H groups in total. The Labute approximate surface area is 161 Å². The Kier molecular flexibility index (Phi) is 6.06. The van der Waals surface area contributed by atoms with Gasteiger partial charge in [-0.05, 0) is 56.0 Å². The molecule has 2 heterocycles. The van der Waals surface area contributed by atoms with Crippen LogP contribution in [0.2, 0.25) is 5.02 Å². The smallest absolute Gasteiger partial charge is 0.108 e. The fraction of sp³-hybridized carbons (Fsp3) is 0.429. The second-order valence-corrected chi connectivity index (χ2v) is 7.56. The van der Waals surface area contributed by atoms with E-state index in [0.717, 1.165) is 17.9 Å². The van der Waals surface area contributed by atoms with Crippen LogP contribution in [0.25, 0.3) is 0 Å². The van der Waals surface area contributed by atoms with E-state index in [1.54, 1.807) is 0 Å². The first kappa shape index (κ1) is 18.7. The number of hydrogen-bond acceptors (Lipinski definition) is 2. The van der Waals surface area contributed by atoms with E-state index in [-0.39, 0.29) is 18.5 Å².